The highest BCUT2D eigenvalue weighted by atomic mass is 35.5. The summed E-state index contributed by atoms with van der Waals surface area (Å²) in [5.74, 6) is 0.264. The monoisotopic (exact) mass is 221 g/mol. The fraction of sp³-hybridized carbons (Fsp3) is 0.444. The maximum Gasteiger partial charge on any atom is 0.265 e. The Hall–Kier alpha value is -0.900. The van der Waals surface area contributed by atoms with Crippen LogP contribution in [0.15, 0.2) is 6.07 Å². The molecular formula is C9H10ClF2NO. The lowest BCUT2D eigenvalue weighted by Gasteiger charge is -2.10. The van der Waals surface area contributed by atoms with Crippen molar-refractivity contribution in [3.63, 3.8) is 0 Å². The van der Waals surface area contributed by atoms with Gasteiger partial charge in [0.2, 0.25) is 5.88 Å². The normalized spacial score (nSPS) is 10.7. The molecule has 0 N–H and O–H groups in total. The Kier molecular flexibility index (Phi) is 3.63. The van der Waals surface area contributed by atoms with Gasteiger partial charge in [-0.05, 0) is 12.5 Å². The van der Waals surface area contributed by atoms with Crippen LogP contribution in [0, 0.1) is 6.92 Å². The quantitative estimate of drug-likeness (QED) is 0.732. The number of alkyl halides is 3. The fourth-order valence-electron chi connectivity index (χ4n) is 1.22. The summed E-state index contributed by atoms with van der Waals surface area (Å²) >= 11 is 5.53. The van der Waals surface area contributed by atoms with E-state index in [0.717, 1.165) is 0 Å². The van der Waals surface area contributed by atoms with Crippen LogP contribution in [0.5, 0.6) is 5.88 Å². The van der Waals surface area contributed by atoms with Crippen molar-refractivity contribution in [2.45, 2.75) is 19.2 Å². The number of hydrogen-bond acceptors (Lipinski definition) is 2. The Labute approximate surface area is 85.9 Å². The van der Waals surface area contributed by atoms with E-state index in [4.69, 9.17) is 16.3 Å². The highest BCUT2D eigenvalue weighted by Gasteiger charge is 2.17. The minimum Gasteiger partial charge on any atom is -0.481 e. The molecule has 14 heavy (non-hydrogen) atoms. The fourth-order valence-corrected chi connectivity index (χ4v) is 1.42. The van der Waals surface area contributed by atoms with E-state index >= 15 is 0 Å². The molecule has 5 heteroatoms. The molecule has 0 fully saturated rings. The molecule has 1 aromatic heterocycles. The van der Waals surface area contributed by atoms with Gasteiger partial charge in [0.05, 0.1) is 18.7 Å². The van der Waals surface area contributed by atoms with Crippen LogP contribution in [0.1, 0.15) is 23.2 Å². The predicted molar refractivity (Wildman–Crippen MR) is 50.0 cm³/mol. The number of ether oxygens (including phenoxy) is 1. The van der Waals surface area contributed by atoms with Crippen molar-refractivity contribution in [1.82, 2.24) is 4.98 Å². The van der Waals surface area contributed by atoms with E-state index in [-0.39, 0.29) is 17.1 Å². The Morgan fingerprint density at radius 2 is 2.21 bits per heavy atom. The summed E-state index contributed by atoms with van der Waals surface area (Å²) in [4.78, 5) is 3.86. The van der Waals surface area contributed by atoms with Gasteiger partial charge in [-0.2, -0.15) is 0 Å². The zero-order valence-corrected chi connectivity index (χ0v) is 8.61. The molecule has 0 aromatic carbocycles. The van der Waals surface area contributed by atoms with Crippen LogP contribution in [-0.4, -0.2) is 12.1 Å². The molecule has 0 radical (unpaired) electrons. The van der Waals surface area contributed by atoms with E-state index in [1.807, 2.05) is 0 Å². The molecule has 0 aliphatic rings. The minimum atomic E-state index is -2.55. The average molecular weight is 222 g/mol. The molecule has 0 saturated heterocycles. The molecule has 0 unspecified atom stereocenters. The van der Waals surface area contributed by atoms with E-state index in [1.54, 1.807) is 6.92 Å². The van der Waals surface area contributed by atoms with Crippen LogP contribution < -0.4 is 4.74 Å². The molecule has 0 aliphatic carbocycles. The second kappa shape index (κ2) is 4.55. The Morgan fingerprint density at radius 1 is 1.57 bits per heavy atom. The summed E-state index contributed by atoms with van der Waals surface area (Å²) in [5.41, 5.74) is 0.529. The molecular weight excluding hydrogens is 212 g/mol. The highest BCUT2D eigenvalue weighted by Crippen LogP contribution is 2.28. The van der Waals surface area contributed by atoms with Crippen molar-refractivity contribution in [3.8, 4) is 5.88 Å². The van der Waals surface area contributed by atoms with Crippen LogP contribution in [0.4, 0.5) is 8.78 Å². The second-order valence-corrected chi connectivity index (χ2v) is 3.04. The third-order valence-electron chi connectivity index (χ3n) is 1.87. The SMILES string of the molecule is COc1cc(C)c(C(F)F)c(CCl)n1. The summed E-state index contributed by atoms with van der Waals surface area (Å²) < 4.78 is 30.0. The second-order valence-electron chi connectivity index (χ2n) is 2.78. The Balaban J connectivity index is 3.27. The van der Waals surface area contributed by atoms with Crippen molar-refractivity contribution >= 4 is 11.6 Å². The lowest BCUT2D eigenvalue weighted by molar-refractivity contribution is 0.149. The summed E-state index contributed by atoms with van der Waals surface area (Å²) in [6.45, 7) is 1.59. The summed E-state index contributed by atoms with van der Waals surface area (Å²) in [5, 5.41) is 0. The first-order chi connectivity index (χ1) is 6.60. The molecule has 0 spiro atoms. The molecule has 0 atom stereocenters. The van der Waals surface area contributed by atoms with E-state index in [2.05, 4.69) is 4.98 Å². The molecule has 2 nitrogen and oxygen atoms in total. The molecule has 1 heterocycles. The number of hydrogen-bond donors (Lipinski definition) is 0. The zero-order valence-electron chi connectivity index (χ0n) is 7.85. The number of pyridine rings is 1. The molecule has 0 saturated carbocycles. The van der Waals surface area contributed by atoms with Gasteiger partial charge in [0.25, 0.3) is 6.43 Å². The van der Waals surface area contributed by atoms with Crippen LogP contribution in [0.3, 0.4) is 0 Å². The van der Waals surface area contributed by atoms with Gasteiger partial charge in [-0.25, -0.2) is 13.8 Å². The average Bonchev–Trinajstić information content (AvgIpc) is 2.15. The zero-order chi connectivity index (χ0) is 10.7. The molecule has 0 amide bonds. The summed E-state index contributed by atoms with van der Waals surface area (Å²) in [6, 6.07) is 1.47. The molecule has 0 bridgehead atoms. The number of nitrogens with zero attached hydrogens (tertiary/aromatic N) is 1. The first-order valence-corrected chi connectivity index (χ1v) is 4.52. The van der Waals surface area contributed by atoms with E-state index in [1.165, 1.54) is 13.2 Å². The topological polar surface area (TPSA) is 22.1 Å². The van der Waals surface area contributed by atoms with Crippen molar-refractivity contribution < 1.29 is 13.5 Å². The summed E-state index contributed by atoms with van der Waals surface area (Å²) in [6.07, 6.45) is -2.55. The third kappa shape index (κ3) is 2.12. The number of rotatable bonds is 3. The Bertz CT molecular complexity index is 331. The molecule has 1 aromatic rings. The smallest absolute Gasteiger partial charge is 0.265 e. The number of halogens is 3. The largest absolute Gasteiger partial charge is 0.481 e. The van der Waals surface area contributed by atoms with E-state index in [9.17, 15) is 8.78 Å². The van der Waals surface area contributed by atoms with Gasteiger partial charge in [0.1, 0.15) is 0 Å². The van der Waals surface area contributed by atoms with Crippen LogP contribution in [0.25, 0.3) is 0 Å². The maximum atomic E-state index is 12.6. The van der Waals surface area contributed by atoms with Crippen molar-refractivity contribution in [1.29, 1.82) is 0 Å². The highest BCUT2D eigenvalue weighted by molar-refractivity contribution is 6.17. The van der Waals surface area contributed by atoms with Crippen molar-refractivity contribution in [3.05, 3.63) is 22.9 Å². The maximum absolute atomic E-state index is 12.6. The first kappa shape index (κ1) is 11.2. The lowest BCUT2D eigenvalue weighted by atomic mass is 10.1. The van der Waals surface area contributed by atoms with Gasteiger partial charge >= 0.3 is 0 Å². The minimum absolute atomic E-state index is 0.0439. The van der Waals surface area contributed by atoms with Gasteiger partial charge in [0, 0.05) is 11.6 Å². The van der Waals surface area contributed by atoms with Crippen LogP contribution >= 0.6 is 11.6 Å². The molecule has 0 aliphatic heterocycles. The van der Waals surface area contributed by atoms with Crippen molar-refractivity contribution in [2.75, 3.05) is 7.11 Å². The van der Waals surface area contributed by atoms with Crippen LogP contribution in [-0.2, 0) is 5.88 Å². The number of aromatic nitrogens is 1. The van der Waals surface area contributed by atoms with Gasteiger partial charge in [-0.15, -0.1) is 11.6 Å². The van der Waals surface area contributed by atoms with Gasteiger partial charge < -0.3 is 4.74 Å². The third-order valence-corrected chi connectivity index (χ3v) is 2.13. The summed E-state index contributed by atoms with van der Waals surface area (Å²) in [7, 11) is 1.43. The Morgan fingerprint density at radius 3 is 2.64 bits per heavy atom. The van der Waals surface area contributed by atoms with E-state index < -0.39 is 6.43 Å². The van der Waals surface area contributed by atoms with Gasteiger partial charge in [-0.1, -0.05) is 0 Å². The standard InChI is InChI=1S/C9H10ClF2NO/c1-5-3-7(14-2)13-6(4-10)8(5)9(11)12/h3,9H,4H2,1-2H3. The predicted octanol–water partition coefficient (Wildman–Crippen LogP) is 3.08. The van der Waals surface area contributed by atoms with Crippen LogP contribution in [0.2, 0.25) is 0 Å². The number of aryl methyl sites for hydroxylation is 1. The first-order valence-electron chi connectivity index (χ1n) is 3.98. The van der Waals surface area contributed by atoms with Gasteiger partial charge in [0.15, 0.2) is 0 Å². The molecule has 78 valence electrons. The number of methoxy groups -OCH3 is 1. The lowest BCUT2D eigenvalue weighted by Crippen LogP contribution is -2.01. The van der Waals surface area contributed by atoms with Crippen molar-refractivity contribution in [2.24, 2.45) is 0 Å². The van der Waals surface area contributed by atoms with E-state index in [0.29, 0.717) is 11.4 Å². The molecule has 1 rings (SSSR count). The van der Waals surface area contributed by atoms with Gasteiger partial charge in [-0.3, -0.25) is 0 Å².